The number of allylic oxidation sites excluding steroid dienone is 2. The lowest BCUT2D eigenvalue weighted by molar-refractivity contribution is 0.654. The predicted molar refractivity (Wildman–Crippen MR) is 49.2 cm³/mol. The topological polar surface area (TPSA) is 15.3 Å². The maximum absolute atomic E-state index is 3.03. The van der Waals surface area contributed by atoms with Crippen molar-refractivity contribution in [1.29, 1.82) is 0 Å². The van der Waals surface area contributed by atoms with Gasteiger partial charge in [-0.25, -0.2) is 0 Å². The van der Waals surface area contributed by atoms with Crippen LogP contribution in [-0.4, -0.2) is 24.9 Å². The first kappa shape index (κ1) is 9.67. The molecule has 1 N–H and O–H groups in total. The fourth-order valence-corrected chi connectivity index (χ4v) is 0.910. The molecule has 0 heterocycles. The summed E-state index contributed by atoms with van der Waals surface area (Å²) < 4.78 is 0. The highest BCUT2D eigenvalue weighted by molar-refractivity contribution is 7.35. The fraction of sp³-hybridized carbons (Fsp3) is 0.571. The zero-order chi connectivity index (χ0) is 7.98. The van der Waals surface area contributed by atoms with E-state index in [1.165, 1.54) is 5.70 Å². The number of rotatable bonds is 3. The van der Waals surface area contributed by atoms with Gasteiger partial charge < -0.3 is 4.90 Å². The van der Waals surface area contributed by atoms with Crippen molar-refractivity contribution in [3.63, 3.8) is 0 Å². The van der Waals surface area contributed by atoms with Crippen LogP contribution < -0.4 is 5.09 Å². The molecule has 0 saturated heterocycles. The Morgan fingerprint density at radius 2 is 2.20 bits per heavy atom. The molecule has 3 heteroatoms. The van der Waals surface area contributed by atoms with E-state index in [1.807, 2.05) is 21.0 Å². The van der Waals surface area contributed by atoms with Gasteiger partial charge in [-0.2, -0.15) is 0 Å². The molecular formula is C7H15N2P. The van der Waals surface area contributed by atoms with Crippen molar-refractivity contribution in [2.45, 2.75) is 13.8 Å². The molecule has 0 spiro atoms. The minimum Gasteiger partial charge on any atom is -0.350 e. The highest BCUT2D eigenvalue weighted by atomic mass is 31.1. The smallest absolute Gasteiger partial charge is 0.0423 e. The van der Waals surface area contributed by atoms with E-state index >= 15 is 0 Å². The van der Waals surface area contributed by atoms with Crippen LogP contribution in [0.2, 0.25) is 0 Å². The van der Waals surface area contributed by atoms with Crippen LogP contribution in [0, 0.1) is 0 Å². The molecule has 0 radical (unpaired) electrons. The summed E-state index contributed by atoms with van der Waals surface area (Å²) in [6.45, 7) is 4.12. The number of nitrogens with zero attached hydrogens (tertiary/aromatic N) is 1. The van der Waals surface area contributed by atoms with E-state index in [1.54, 1.807) is 0 Å². The Morgan fingerprint density at radius 3 is 2.60 bits per heavy atom. The summed E-state index contributed by atoms with van der Waals surface area (Å²) >= 11 is 0. The van der Waals surface area contributed by atoms with Crippen LogP contribution >= 0.6 is 8.35 Å². The van der Waals surface area contributed by atoms with E-state index < -0.39 is 0 Å². The van der Waals surface area contributed by atoms with Gasteiger partial charge in [0.15, 0.2) is 0 Å². The maximum Gasteiger partial charge on any atom is 0.0423 e. The molecule has 0 rings (SSSR count). The molecule has 0 atom stereocenters. The van der Waals surface area contributed by atoms with Gasteiger partial charge in [-0.15, -0.1) is 0 Å². The molecule has 0 aromatic heterocycles. The largest absolute Gasteiger partial charge is 0.350 e. The summed E-state index contributed by atoms with van der Waals surface area (Å²) in [4.78, 5) is 2.10. The standard InChI is InChI=1S/C7H15N2P/c1-5-7(2)9(4)6-10-8-3/h5-6,8H,1-4H3/b7-5+. The van der Waals surface area contributed by atoms with Crippen molar-refractivity contribution < 1.29 is 0 Å². The van der Waals surface area contributed by atoms with E-state index in [0.29, 0.717) is 0 Å². The van der Waals surface area contributed by atoms with Gasteiger partial charge in [-0.3, -0.25) is 5.09 Å². The van der Waals surface area contributed by atoms with Gasteiger partial charge in [0, 0.05) is 18.7 Å². The SMILES string of the molecule is C/C=C(\C)N(C)C=PNC. The Balaban J connectivity index is 3.84. The number of nitrogens with one attached hydrogen (secondary N) is 1. The Morgan fingerprint density at radius 1 is 1.60 bits per heavy atom. The van der Waals surface area contributed by atoms with E-state index in [2.05, 4.69) is 28.9 Å². The van der Waals surface area contributed by atoms with Gasteiger partial charge in [0.05, 0.1) is 0 Å². The molecule has 0 unspecified atom stereocenters. The van der Waals surface area contributed by atoms with Gasteiger partial charge in [0.1, 0.15) is 0 Å². The second kappa shape index (κ2) is 5.45. The lowest BCUT2D eigenvalue weighted by atomic mass is 10.4. The molecule has 58 valence electrons. The Labute approximate surface area is 64.8 Å². The maximum atomic E-state index is 3.03. The van der Waals surface area contributed by atoms with Crippen LogP contribution in [0.1, 0.15) is 13.8 Å². The zero-order valence-electron chi connectivity index (χ0n) is 7.05. The first-order valence-corrected chi connectivity index (χ1v) is 4.24. The Kier molecular flexibility index (Phi) is 5.27. The molecule has 0 fully saturated rings. The molecule has 0 aliphatic carbocycles. The first-order chi connectivity index (χ1) is 4.72. The van der Waals surface area contributed by atoms with Crippen molar-refractivity contribution in [3.05, 3.63) is 11.8 Å². The van der Waals surface area contributed by atoms with Crippen molar-refractivity contribution >= 4 is 14.3 Å². The van der Waals surface area contributed by atoms with Crippen LogP contribution in [-0.2, 0) is 0 Å². The minimum atomic E-state index is 1.14. The second-order valence-electron chi connectivity index (χ2n) is 2.01. The predicted octanol–water partition coefficient (Wildman–Crippen LogP) is 1.68. The van der Waals surface area contributed by atoms with Crippen LogP contribution in [0.15, 0.2) is 11.8 Å². The first-order valence-electron chi connectivity index (χ1n) is 3.28. The Bertz CT molecular complexity index is 141. The summed E-state index contributed by atoms with van der Waals surface area (Å²) in [6, 6.07) is 0. The van der Waals surface area contributed by atoms with E-state index in [-0.39, 0.29) is 0 Å². The molecule has 0 aromatic carbocycles. The molecule has 2 nitrogen and oxygen atoms in total. The monoisotopic (exact) mass is 158 g/mol. The zero-order valence-corrected chi connectivity index (χ0v) is 7.94. The van der Waals surface area contributed by atoms with Gasteiger partial charge in [0.2, 0.25) is 0 Å². The van der Waals surface area contributed by atoms with Crippen molar-refractivity contribution in [3.8, 4) is 0 Å². The van der Waals surface area contributed by atoms with E-state index in [0.717, 1.165) is 8.35 Å². The van der Waals surface area contributed by atoms with Gasteiger partial charge in [-0.05, 0) is 29.3 Å². The third-order valence-electron chi connectivity index (χ3n) is 1.33. The quantitative estimate of drug-likeness (QED) is 0.629. The molecule has 0 aliphatic heterocycles. The summed E-state index contributed by atoms with van der Waals surface area (Å²) in [5.74, 6) is 2.08. The highest BCUT2D eigenvalue weighted by Gasteiger charge is 1.89. The van der Waals surface area contributed by atoms with E-state index in [4.69, 9.17) is 0 Å². The molecule has 10 heavy (non-hydrogen) atoms. The summed E-state index contributed by atoms with van der Waals surface area (Å²) in [7, 11) is 5.10. The van der Waals surface area contributed by atoms with Crippen LogP contribution in [0.25, 0.3) is 0 Å². The van der Waals surface area contributed by atoms with Crippen molar-refractivity contribution in [2.24, 2.45) is 0 Å². The lowest BCUT2D eigenvalue weighted by Crippen LogP contribution is -2.12. The van der Waals surface area contributed by atoms with Crippen LogP contribution in [0.4, 0.5) is 0 Å². The molecular weight excluding hydrogens is 143 g/mol. The minimum absolute atomic E-state index is 1.14. The molecule has 0 amide bonds. The molecule has 0 saturated carbocycles. The van der Waals surface area contributed by atoms with Gasteiger partial charge >= 0.3 is 0 Å². The third kappa shape index (κ3) is 3.65. The average Bonchev–Trinajstić information content (AvgIpc) is 1.98. The lowest BCUT2D eigenvalue weighted by Gasteiger charge is -2.12. The fourth-order valence-electron chi connectivity index (χ4n) is 0.439. The van der Waals surface area contributed by atoms with Crippen molar-refractivity contribution in [2.75, 3.05) is 14.1 Å². The second-order valence-corrected chi connectivity index (χ2v) is 2.95. The normalized spacial score (nSPS) is 12.6. The highest BCUT2D eigenvalue weighted by Crippen LogP contribution is 1.97. The van der Waals surface area contributed by atoms with E-state index in [9.17, 15) is 0 Å². The molecule has 0 bridgehead atoms. The van der Waals surface area contributed by atoms with Crippen molar-refractivity contribution in [1.82, 2.24) is 9.99 Å². The number of hydrogen-bond donors (Lipinski definition) is 1. The Hall–Kier alpha value is -0.330. The molecule has 0 aromatic rings. The third-order valence-corrected chi connectivity index (χ3v) is 2.05. The van der Waals surface area contributed by atoms with Crippen LogP contribution in [0.3, 0.4) is 0 Å². The average molecular weight is 158 g/mol. The molecule has 0 aliphatic rings. The van der Waals surface area contributed by atoms with Gasteiger partial charge in [-0.1, -0.05) is 6.08 Å². The summed E-state index contributed by atoms with van der Waals surface area (Å²) in [5.41, 5.74) is 1.27. The number of hydrogen-bond acceptors (Lipinski definition) is 1. The van der Waals surface area contributed by atoms with Gasteiger partial charge in [0.25, 0.3) is 0 Å². The summed E-state index contributed by atoms with van der Waals surface area (Å²) in [6.07, 6.45) is 2.08. The summed E-state index contributed by atoms with van der Waals surface area (Å²) in [5, 5.41) is 3.03. The van der Waals surface area contributed by atoms with Crippen LogP contribution in [0.5, 0.6) is 0 Å².